The molecular weight excluding hydrogens is 455 g/mol. The van der Waals surface area contributed by atoms with E-state index in [1.54, 1.807) is 39.8 Å². The van der Waals surface area contributed by atoms with Gasteiger partial charge in [0.25, 0.3) is 11.5 Å². The number of carbonyl (C=O) groups excluding carboxylic acids is 2. The molecule has 0 unspecified atom stereocenters. The fourth-order valence-electron chi connectivity index (χ4n) is 2.69. The van der Waals surface area contributed by atoms with Crippen LogP contribution in [-0.2, 0) is 9.59 Å². The van der Waals surface area contributed by atoms with Crippen LogP contribution >= 0.6 is 23.2 Å². The number of nitrogens with one attached hydrogen (secondary N) is 4. The van der Waals surface area contributed by atoms with Crippen molar-refractivity contribution in [1.82, 2.24) is 20.0 Å². The lowest BCUT2D eigenvalue weighted by Crippen LogP contribution is -2.28. The molecule has 0 saturated carbocycles. The summed E-state index contributed by atoms with van der Waals surface area (Å²) in [7, 11) is 0. The number of hydrogen-bond acceptors (Lipinski definition) is 4. The number of hydrogen-bond donors (Lipinski definition) is 4. The summed E-state index contributed by atoms with van der Waals surface area (Å²) in [5, 5.41) is 15.5. The molecule has 32 heavy (non-hydrogen) atoms. The molecule has 0 radical (unpaired) electrons. The third-order valence-electron chi connectivity index (χ3n) is 4.48. The van der Waals surface area contributed by atoms with E-state index in [0.717, 1.165) is 4.68 Å². The van der Waals surface area contributed by atoms with E-state index in [-0.39, 0.29) is 45.0 Å². The Kier molecular flexibility index (Phi) is 6.34. The second-order valence-corrected chi connectivity index (χ2v) is 9.04. The molecule has 2 amide bonds. The number of rotatable bonds is 5. The molecule has 0 fully saturated rings. The number of benzene rings is 1. The van der Waals surface area contributed by atoms with Crippen molar-refractivity contribution in [2.45, 2.75) is 27.7 Å². The first-order valence-electron chi connectivity index (χ1n) is 9.52. The van der Waals surface area contributed by atoms with E-state index in [2.05, 4.69) is 32.5 Å². The van der Waals surface area contributed by atoms with Gasteiger partial charge in [-0.2, -0.15) is 5.10 Å². The lowest BCUT2D eigenvalue weighted by Gasteiger charge is -2.17. The monoisotopic (exact) mass is 476 g/mol. The van der Waals surface area contributed by atoms with Crippen LogP contribution in [0.25, 0.3) is 16.9 Å². The average molecular weight is 477 g/mol. The molecule has 0 spiro atoms. The highest BCUT2D eigenvalue weighted by atomic mass is 35.5. The molecular formula is C21H22Cl2N6O3. The summed E-state index contributed by atoms with van der Waals surface area (Å²) in [5.41, 5.74) is -0.243. The highest BCUT2D eigenvalue weighted by Gasteiger charge is 2.28. The molecule has 0 aliphatic heterocycles. The third-order valence-corrected chi connectivity index (χ3v) is 5.04. The molecule has 0 atom stereocenters. The summed E-state index contributed by atoms with van der Waals surface area (Å²) in [6.07, 6.45) is 1.36. The van der Waals surface area contributed by atoms with Crippen molar-refractivity contribution in [3.05, 3.63) is 56.9 Å². The Morgan fingerprint density at radius 2 is 1.88 bits per heavy atom. The SMILES string of the molecule is C=C(C)C(=O)Nc1cn[nH]c1-c1c(NC(=O)C(C)(C)C)[nH]n(-c2cc(Cl)ccc2Cl)c1=O. The zero-order valence-electron chi connectivity index (χ0n) is 17.9. The molecule has 2 heterocycles. The van der Waals surface area contributed by atoms with E-state index in [4.69, 9.17) is 23.2 Å². The first-order valence-corrected chi connectivity index (χ1v) is 10.3. The Labute approximate surface area is 193 Å². The van der Waals surface area contributed by atoms with E-state index >= 15 is 0 Å². The second kappa shape index (κ2) is 8.68. The van der Waals surface area contributed by atoms with Crippen LogP contribution in [0.1, 0.15) is 27.7 Å². The van der Waals surface area contributed by atoms with Gasteiger partial charge in [0.15, 0.2) is 0 Å². The van der Waals surface area contributed by atoms with E-state index in [1.807, 2.05) is 0 Å². The zero-order chi connectivity index (χ0) is 23.8. The number of halogens is 2. The van der Waals surface area contributed by atoms with Crippen LogP contribution in [0.2, 0.25) is 10.0 Å². The standard InChI is InChI=1S/C21H22Cl2N6O3/c1-10(2)18(30)25-13-9-24-27-16(13)15-17(26-20(32)21(3,4)5)28-29(19(15)31)14-8-11(22)6-7-12(14)23/h6-9,28H,1H2,2-5H3,(H,24,27)(H,25,30)(H,26,32). The maximum absolute atomic E-state index is 13.5. The van der Waals surface area contributed by atoms with Crippen molar-refractivity contribution in [3.8, 4) is 16.9 Å². The Bertz CT molecular complexity index is 1280. The van der Waals surface area contributed by atoms with E-state index in [0.29, 0.717) is 5.02 Å². The van der Waals surface area contributed by atoms with Gasteiger partial charge in [0.05, 0.1) is 28.3 Å². The summed E-state index contributed by atoms with van der Waals surface area (Å²) >= 11 is 12.4. The summed E-state index contributed by atoms with van der Waals surface area (Å²) in [5.74, 6) is -0.681. The molecule has 11 heteroatoms. The number of amides is 2. The average Bonchev–Trinajstić information content (AvgIpc) is 3.26. The number of H-pyrrole nitrogens is 2. The summed E-state index contributed by atoms with van der Waals surface area (Å²) in [6.45, 7) is 10.4. The Hall–Kier alpha value is -3.30. The quantitative estimate of drug-likeness (QED) is 0.408. The van der Waals surface area contributed by atoms with Gasteiger partial charge >= 0.3 is 0 Å². The minimum Gasteiger partial charge on any atom is -0.319 e. The molecule has 0 saturated heterocycles. The topological polar surface area (TPSA) is 125 Å². The van der Waals surface area contributed by atoms with Crippen molar-refractivity contribution in [2.75, 3.05) is 10.6 Å². The normalized spacial score (nSPS) is 11.3. The van der Waals surface area contributed by atoms with Crippen molar-refractivity contribution in [2.24, 2.45) is 5.41 Å². The molecule has 1 aromatic carbocycles. The maximum Gasteiger partial charge on any atom is 0.283 e. The summed E-state index contributed by atoms with van der Waals surface area (Å²) in [4.78, 5) is 38.3. The fraction of sp³-hybridized carbons (Fsp3) is 0.238. The van der Waals surface area contributed by atoms with Gasteiger partial charge in [-0.05, 0) is 25.1 Å². The lowest BCUT2D eigenvalue weighted by atomic mass is 9.95. The Morgan fingerprint density at radius 3 is 2.50 bits per heavy atom. The van der Waals surface area contributed by atoms with Gasteiger partial charge in [-0.3, -0.25) is 24.6 Å². The molecule has 4 N–H and O–H groups in total. The summed E-state index contributed by atoms with van der Waals surface area (Å²) < 4.78 is 1.16. The molecule has 9 nitrogen and oxygen atoms in total. The van der Waals surface area contributed by atoms with Crippen LogP contribution < -0.4 is 16.2 Å². The minimum atomic E-state index is -0.741. The Balaban J connectivity index is 2.22. The second-order valence-electron chi connectivity index (χ2n) is 8.20. The van der Waals surface area contributed by atoms with Crippen LogP contribution in [0.5, 0.6) is 0 Å². The van der Waals surface area contributed by atoms with Gasteiger partial charge in [-0.25, -0.2) is 4.68 Å². The largest absolute Gasteiger partial charge is 0.319 e. The minimum absolute atomic E-state index is 0.0492. The smallest absolute Gasteiger partial charge is 0.283 e. The molecule has 168 valence electrons. The first-order chi connectivity index (χ1) is 14.9. The molecule has 3 aromatic rings. The molecule has 3 rings (SSSR count). The van der Waals surface area contributed by atoms with Crippen molar-refractivity contribution < 1.29 is 9.59 Å². The fourth-order valence-corrected chi connectivity index (χ4v) is 3.06. The number of carbonyl (C=O) groups is 2. The van der Waals surface area contributed by atoms with E-state index in [9.17, 15) is 14.4 Å². The Morgan fingerprint density at radius 1 is 1.19 bits per heavy atom. The van der Waals surface area contributed by atoms with E-state index < -0.39 is 16.9 Å². The van der Waals surface area contributed by atoms with Crippen LogP contribution in [0.4, 0.5) is 11.5 Å². The maximum atomic E-state index is 13.5. The van der Waals surface area contributed by atoms with Gasteiger partial charge in [-0.15, -0.1) is 0 Å². The third kappa shape index (κ3) is 4.63. The van der Waals surface area contributed by atoms with Gasteiger partial charge in [-0.1, -0.05) is 50.6 Å². The molecule has 0 bridgehead atoms. The number of aromatic amines is 2. The molecule has 0 aliphatic carbocycles. The highest BCUT2D eigenvalue weighted by Crippen LogP contribution is 2.31. The van der Waals surface area contributed by atoms with Crippen molar-refractivity contribution >= 4 is 46.5 Å². The van der Waals surface area contributed by atoms with Gasteiger partial charge in [0.2, 0.25) is 5.91 Å². The highest BCUT2D eigenvalue weighted by molar-refractivity contribution is 6.34. The van der Waals surface area contributed by atoms with Crippen LogP contribution in [0, 0.1) is 5.41 Å². The van der Waals surface area contributed by atoms with Gasteiger partial charge < -0.3 is 10.6 Å². The predicted octanol–water partition coefficient (Wildman–Crippen LogP) is 4.36. The predicted molar refractivity (Wildman–Crippen MR) is 126 cm³/mol. The van der Waals surface area contributed by atoms with Crippen LogP contribution in [-0.4, -0.2) is 31.8 Å². The van der Waals surface area contributed by atoms with Crippen molar-refractivity contribution in [1.29, 1.82) is 0 Å². The zero-order valence-corrected chi connectivity index (χ0v) is 19.4. The van der Waals surface area contributed by atoms with Crippen LogP contribution in [0.3, 0.4) is 0 Å². The van der Waals surface area contributed by atoms with E-state index in [1.165, 1.54) is 12.3 Å². The van der Waals surface area contributed by atoms with Crippen LogP contribution in [0.15, 0.2) is 41.3 Å². The van der Waals surface area contributed by atoms with Gasteiger partial charge in [0.1, 0.15) is 11.4 Å². The number of nitrogens with zero attached hydrogens (tertiary/aromatic N) is 2. The molecule has 0 aliphatic rings. The lowest BCUT2D eigenvalue weighted by molar-refractivity contribution is -0.123. The molecule has 2 aromatic heterocycles. The van der Waals surface area contributed by atoms with Gasteiger partial charge in [0, 0.05) is 16.0 Å². The summed E-state index contributed by atoms with van der Waals surface area (Å²) in [6, 6.07) is 4.65. The first kappa shape index (κ1) is 23.4. The number of aromatic nitrogens is 4. The number of anilines is 2. The van der Waals surface area contributed by atoms with Crippen molar-refractivity contribution in [3.63, 3.8) is 0 Å².